The predicted octanol–water partition coefficient (Wildman–Crippen LogP) is 3.25. The zero-order chi connectivity index (χ0) is 17.6. The molecule has 0 bridgehead atoms. The molecule has 1 N–H and O–H groups in total. The van der Waals surface area contributed by atoms with Gasteiger partial charge in [-0.3, -0.25) is 4.90 Å². The van der Waals surface area contributed by atoms with Crippen molar-refractivity contribution < 1.29 is 9.84 Å². The Labute approximate surface area is 150 Å². The molecule has 2 aromatic rings. The third-order valence-electron chi connectivity index (χ3n) is 4.77. The number of hydrogen-bond acceptors (Lipinski definition) is 4. The van der Waals surface area contributed by atoms with Crippen LogP contribution in [0.1, 0.15) is 24.2 Å². The highest BCUT2D eigenvalue weighted by molar-refractivity contribution is 5.58. The lowest BCUT2D eigenvalue weighted by atomic mass is 10.1. The van der Waals surface area contributed by atoms with E-state index in [4.69, 9.17) is 4.74 Å². The molecule has 0 saturated carbocycles. The van der Waals surface area contributed by atoms with Gasteiger partial charge in [0.05, 0.1) is 18.4 Å². The molecule has 1 aliphatic heterocycles. The predicted molar refractivity (Wildman–Crippen MR) is 102 cm³/mol. The van der Waals surface area contributed by atoms with E-state index in [0.717, 1.165) is 37.5 Å². The van der Waals surface area contributed by atoms with Crippen molar-refractivity contribution in [2.24, 2.45) is 0 Å². The van der Waals surface area contributed by atoms with Gasteiger partial charge in [0.2, 0.25) is 0 Å². The first kappa shape index (κ1) is 17.8. The number of anilines is 1. The van der Waals surface area contributed by atoms with E-state index in [9.17, 15) is 5.11 Å². The molecule has 0 radical (unpaired) electrons. The highest BCUT2D eigenvalue weighted by atomic mass is 16.5. The number of para-hydroxylation sites is 2. The average Bonchev–Trinajstić information content (AvgIpc) is 2.64. The van der Waals surface area contributed by atoms with Gasteiger partial charge in [-0.1, -0.05) is 42.0 Å². The summed E-state index contributed by atoms with van der Waals surface area (Å²) in [6.45, 7) is 9.24. The number of ether oxygens (including phenoxy) is 1. The van der Waals surface area contributed by atoms with E-state index in [0.29, 0.717) is 13.2 Å². The van der Waals surface area contributed by atoms with Crippen molar-refractivity contribution in [1.82, 2.24) is 4.90 Å². The van der Waals surface area contributed by atoms with Gasteiger partial charge in [-0.2, -0.15) is 0 Å². The number of piperazine rings is 1. The van der Waals surface area contributed by atoms with Crippen LogP contribution in [0, 0.1) is 6.92 Å². The van der Waals surface area contributed by atoms with Crippen LogP contribution in [-0.4, -0.2) is 49.3 Å². The van der Waals surface area contributed by atoms with Crippen LogP contribution in [0.15, 0.2) is 48.5 Å². The molecule has 4 heteroatoms. The zero-order valence-electron chi connectivity index (χ0n) is 15.2. The normalized spacial score (nSPS) is 16.7. The Balaban J connectivity index is 1.56. The smallest absolute Gasteiger partial charge is 0.142 e. The monoisotopic (exact) mass is 340 g/mol. The maximum atomic E-state index is 10.5. The van der Waals surface area contributed by atoms with Crippen LogP contribution < -0.4 is 9.64 Å². The first-order chi connectivity index (χ1) is 12.2. The maximum absolute atomic E-state index is 10.5. The second-order valence-corrected chi connectivity index (χ2v) is 6.61. The van der Waals surface area contributed by atoms with Gasteiger partial charge in [0.25, 0.3) is 0 Å². The lowest BCUT2D eigenvalue weighted by molar-refractivity contribution is 0.109. The van der Waals surface area contributed by atoms with Gasteiger partial charge in [-0.15, -0.1) is 0 Å². The first-order valence-electron chi connectivity index (χ1n) is 9.11. The summed E-state index contributed by atoms with van der Waals surface area (Å²) in [6, 6.07) is 16.4. The summed E-state index contributed by atoms with van der Waals surface area (Å²) >= 11 is 0. The molecule has 1 unspecified atom stereocenters. The van der Waals surface area contributed by atoms with Crippen molar-refractivity contribution in [3.8, 4) is 5.75 Å². The molecular weight excluding hydrogens is 312 g/mol. The van der Waals surface area contributed by atoms with Crippen molar-refractivity contribution >= 4 is 5.69 Å². The number of nitrogens with zero attached hydrogens (tertiary/aromatic N) is 2. The molecule has 25 heavy (non-hydrogen) atoms. The Morgan fingerprint density at radius 1 is 1.00 bits per heavy atom. The minimum Gasteiger partial charge on any atom is -0.492 e. The molecule has 1 fully saturated rings. The molecule has 0 amide bonds. The Morgan fingerprint density at radius 3 is 2.36 bits per heavy atom. The van der Waals surface area contributed by atoms with E-state index in [1.54, 1.807) is 0 Å². The van der Waals surface area contributed by atoms with Crippen LogP contribution in [0.3, 0.4) is 0 Å². The highest BCUT2D eigenvalue weighted by Gasteiger charge is 2.21. The summed E-state index contributed by atoms with van der Waals surface area (Å²) in [7, 11) is 0. The van der Waals surface area contributed by atoms with E-state index in [1.807, 2.05) is 31.2 Å². The summed E-state index contributed by atoms with van der Waals surface area (Å²) in [5.74, 6) is 0.957. The van der Waals surface area contributed by atoms with Gasteiger partial charge in [0, 0.05) is 32.7 Å². The summed E-state index contributed by atoms with van der Waals surface area (Å²) < 4.78 is 5.75. The summed E-state index contributed by atoms with van der Waals surface area (Å²) in [6.07, 6.45) is -0.428. The highest BCUT2D eigenvalue weighted by Crippen LogP contribution is 2.29. The lowest BCUT2D eigenvalue weighted by Crippen LogP contribution is -2.47. The molecule has 2 aromatic carbocycles. The molecular formula is C21H28N2O2. The Morgan fingerprint density at radius 2 is 1.68 bits per heavy atom. The van der Waals surface area contributed by atoms with E-state index >= 15 is 0 Å². The SMILES string of the molecule is CCOc1ccccc1N1CCN(CC(O)c2ccc(C)cc2)CC1. The minimum atomic E-state index is -0.428. The molecule has 0 aliphatic carbocycles. The van der Waals surface area contributed by atoms with E-state index in [1.165, 1.54) is 11.3 Å². The summed E-state index contributed by atoms with van der Waals surface area (Å²) in [5.41, 5.74) is 3.38. The molecule has 1 saturated heterocycles. The Kier molecular flexibility index (Phi) is 5.95. The van der Waals surface area contributed by atoms with Crippen molar-refractivity contribution in [3.05, 3.63) is 59.7 Å². The van der Waals surface area contributed by atoms with Gasteiger partial charge in [0.15, 0.2) is 0 Å². The quantitative estimate of drug-likeness (QED) is 0.876. The minimum absolute atomic E-state index is 0.428. The fourth-order valence-electron chi connectivity index (χ4n) is 3.31. The van der Waals surface area contributed by atoms with Crippen molar-refractivity contribution in [2.45, 2.75) is 20.0 Å². The molecule has 1 aliphatic rings. The Bertz CT molecular complexity index is 664. The van der Waals surface area contributed by atoms with Gasteiger partial charge >= 0.3 is 0 Å². The van der Waals surface area contributed by atoms with Crippen LogP contribution in [0.4, 0.5) is 5.69 Å². The number of aliphatic hydroxyl groups excluding tert-OH is 1. The fraction of sp³-hybridized carbons (Fsp3) is 0.429. The first-order valence-corrected chi connectivity index (χ1v) is 9.11. The second kappa shape index (κ2) is 8.37. The summed E-state index contributed by atoms with van der Waals surface area (Å²) in [5, 5.41) is 10.5. The third kappa shape index (κ3) is 4.53. The largest absolute Gasteiger partial charge is 0.492 e. The molecule has 0 spiro atoms. The van der Waals surface area contributed by atoms with Gasteiger partial charge in [-0.05, 0) is 31.5 Å². The van der Waals surface area contributed by atoms with E-state index in [-0.39, 0.29) is 0 Å². The van der Waals surface area contributed by atoms with Crippen LogP contribution in [-0.2, 0) is 0 Å². The second-order valence-electron chi connectivity index (χ2n) is 6.61. The fourth-order valence-corrected chi connectivity index (χ4v) is 3.31. The number of benzene rings is 2. The van der Waals surface area contributed by atoms with Crippen molar-refractivity contribution in [2.75, 3.05) is 44.2 Å². The van der Waals surface area contributed by atoms with E-state index in [2.05, 4.69) is 41.0 Å². The average molecular weight is 340 g/mol. The number of aliphatic hydroxyl groups is 1. The summed E-state index contributed by atoms with van der Waals surface area (Å²) in [4.78, 5) is 4.71. The van der Waals surface area contributed by atoms with Crippen molar-refractivity contribution in [1.29, 1.82) is 0 Å². The maximum Gasteiger partial charge on any atom is 0.142 e. The standard InChI is InChI=1S/C21H28N2O2/c1-3-25-21-7-5-4-6-19(21)23-14-12-22(13-15-23)16-20(24)18-10-8-17(2)9-11-18/h4-11,20,24H,3,12-16H2,1-2H3. The molecule has 3 rings (SSSR count). The lowest BCUT2D eigenvalue weighted by Gasteiger charge is -2.37. The molecule has 1 atom stereocenters. The van der Waals surface area contributed by atoms with Crippen LogP contribution in [0.2, 0.25) is 0 Å². The molecule has 1 heterocycles. The Hall–Kier alpha value is -2.04. The molecule has 0 aromatic heterocycles. The number of aryl methyl sites for hydroxylation is 1. The number of rotatable bonds is 6. The van der Waals surface area contributed by atoms with Crippen LogP contribution in [0.25, 0.3) is 0 Å². The molecule has 4 nitrogen and oxygen atoms in total. The van der Waals surface area contributed by atoms with Crippen molar-refractivity contribution in [3.63, 3.8) is 0 Å². The van der Waals surface area contributed by atoms with Gasteiger partial charge in [0.1, 0.15) is 5.75 Å². The van der Waals surface area contributed by atoms with Crippen LogP contribution in [0.5, 0.6) is 5.75 Å². The van der Waals surface area contributed by atoms with E-state index < -0.39 is 6.10 Å². The number of hydrogen-bond donors (Lipinski definition) is 1. The van der Waals surface area contributed by atoms with Crippen LogP contribution >= 0.6 is 0 Å². The molecule has 134 valence electrons. The zero-order valence-corrected chi connectivity index (χ0v) is 15.2. The van der Waals surface area contributed by atoms with Gasteiger partial charge < -0.3 is 14.7 Å². The van der Waals surface area contributed by atoms with Gasteiger partial charge in [-0.25, -0.2) is 0 Å². The number of β-amino-alcohol motifs (C(OH)–C–C–N with tert-alkyl or cyclic N) is 1. The topological polar surface area (TPSA) is 35.9 Å². The third-order valence-corrected chi connectivity index (χ3v) is 4.77.